The highest BCUT2D eigenvalue weighted by Crippen LogP contribution is 2.19. The zero-order chi connectivity index (χ0) is 10.8. The summed E-state index contributed by atoms with van der Waals surface area (Å²) in [6.45, 7) is 1.86. The highest BCUT2D eigenvalue weighted by molar-refractivity contribution is 7.14. The Morgan fingerprint density at radius 3 is 2.93 bits per heavy atom. The Morgan fingerprint density at radius 1 is 1.60 bits per heavy atom. The van der Waals surface area contributed by atoms with Gasteiger partial charge in [0.2, 0.25) is 0 Å². The molecular weight excluding hydrogens is 235 g/mol. The van der Waals surface area contributed by atoms with Gasteiger partial charge < -0.3 is 0 Å². The molecule has 2 rings (SSSR count). The van der Waals surface area contributed by atoms with Gasteiger partial charge in [0.1, 0.15) is 0 Å². The molecule has 0 saturated heterocycles. The number of amides is 1. The first-order valence-electron chi connectivity index (χ1n) is 4.13. The van der Waals surface area contributed by atoms with Crippen LogP contribution in [0.1, 0.15) is 15.2 Å². The number of nitrogens with zero attached hydrogens (tertiary/aromatic N) is 1. The van der Waals surface area contributed by atoms with Crippen molar-refractivity contribution in [2.45, 2.75) is 6.92 Å². The molecule has 0 saturated carbocycles. The molecule has 1 N–H and O–H groups in total. The van der Waals surface area contributed by atoms with Crippen LogP contribution in [0.2, 0.25) is 0 Å². The van der Waals surface area contributed by atoms with E-state index in [1.165, 1.54) is 11.3 Å². The number of hydrogen-bond acceptors (Lipinski definition) is 4. The van der Waals surface area contributed by atoms with Gasteiger partial charge in [0, 0.05) is 4.88 Å². The van der Waals surface area contributed by atoms with Gasteiger partial charge in [-0.3, -0.25) is 10.1 Å². The first-order valence-corrected chi connectivity index (χ1v) is 5.83. The summed E-state index contributed by atoms with van der Waals surface area (Å²) in [7, 11) is 0. The third-order valence-electron chi connectivity index (χ3n) is 1.80. The summed E-state index contributed by atoms with van der Waals surface area (Å²) < 4.78 is 12.6. The molecule has 0 unspecified atom stereocenters. The van der Waals surface area contributed by atoms with E-state index >= 15 is 0 Å². The minimum absolute atomic E-state index is 0.247. The van der Waals surface area contributed by atoms with Crippen LogP contribution < -0.4 is 5.32 Å². The van der Waals surface area contributed by atoms with Crippen LogP contribution in [0.25, 0.3) is 0 Å². The van der Waals surface area contributed by atoms with Crippen LogP contribution in [-0.4, -0.2) is 10.9 Å². The summed E-state index contributed by atoms with van der Waals surface area (Å²) in [6.07, 6.45) is 1.08. The molecule has 1 amide bonds. The van der Waals surface area contributed by atoms with Crippen LogP contribution in [0.5, 0.6) is 0 Å². The summed E-state index contributed by atoms with van der Waals surface area (Å²) in [5, 5.41) is 4.25. The third-order valence-corrected chi connectivity index (χ3v) is 3.35. The van der Waals surface area contributed by atoms with Crippen LogP contribution >= 0.6 is 22.7 Å². The number of rotatable bonds is 2. The first kappa shape index (κ1) is 10.3. The average molecular weight is 242 g/mol. The maximum absolute atomic E-state index is 12.6. The number of carbonyl (C=O) groups is 1. The number of aromatic nitrogens is 1. The fourth-order valence-electron chi connectivity index (χ4n) is 1.10. The molecule has 0 bridgehead atoms. The van der Waals surface area contributed by atoms with Gasteiger partial charge >= 0.3 is 0 Å². The number of halogens is 1. The lowest BCUT2D eigenvalue weighted by molar-refractivity contribution is 0.102. The Kier molecular flexibility index (Phi) is 2.79. The summed E-state index contributed by atoms with van der Waals surface area (Å²) >= 11 is 2.31. The highest BCUT2D eigenvalue weighted by atomic mass is 32.1. The smallest absolute Gasteiger partial charge is 0.258 e. The molecule has 2 aromatic rings. The van der Waals surface area contributed by atoms with E-state index in [-0.39, 0.29) is 11.0 Å². The topological polar surface area (TPSA) is 42.0 Å². The van der Waals surface area contributed by atoms with E-state index < -0.39 is 5.13 Å². The van der Waals surface area contributed by atoms with Crippen LogP contribution in [0.15, 0.2) is 17.6 Å². The fourth-order valence-corrected chi connectivity index (χ4v) is 2.33. The van der Waals surface area contributed by atoms with Gasteiger partial charge in [-0.1, -0.05) is 11.3 Å². The summed E-state index contributed by atoms with van der Waals surface area (Å²) in [5.41, 5.74) is 0.607. The van der Waals surface area contributed by atoms with Crippen molar-refractivity contribution < 1.29 is 9.18 Å². The van der Waals surface area contributed by atoms with Crippen LogP contribution in [0.4, 0.5) is 9.52 Å². The van der Waals surface area contributed by atoms with Crippen molar-refractivity contribution in [3.8, 4) is 0 Å². The molecule has 0 fully saturated rings. The van der Waals surface area contributed by atoms with Crippen molar-refractivity contribution in [2.75, 3.05) is 5.32 Å². The van der Waals surface area contributed by atoms with E-state index in [0.29, 0.717) is 5.56 Å². The Balaban J connectivity index is 2.14. The van der Waals surface area contributed by atoms with Crippen LogP contribution in [0.3, 0.4) is 0 Å². The lowest BCUT2D eigenvalue weighted by atomic mass is 10.2. The quantitative estimate of drug-likeness (QED) is 0.879. The normalized spacial score (nSPS) is 10.3. The molecule has 0 aromatic carbocycles. The average Bonchev–Trinajstić information content (AvgIpc) is 2.75. The first-order chi connectivity index (χ1) is 7.16. The standard InChI is InChI=1S/C9H7FN2OS2/c1-5-6(2-3-14-5)8(13)12-9-11-4-7(10)15-9/h2-4H,1H3,(H,11,12,13). The second kappa shape index (κ2) is 4.08. The minimum atomic E-state index is -0.410. The van der Waals surface area contributed by atoms with Crippen LogP contribution in [0, 0.1) is 12.1 Å². The molecule has 0 spiro atoms. The Hall–Kier alpha value is -1.27. The second-order valence-electron chi connectivity index (χ2n) is 2.81. The zero-order valence-corrected chi connectivity index (χ0v) is 9.41. The van der Waals surface area contributed by atoms with Gasteiger partial charge in [-0.2, -0.15) is 4.39 Å². The molecule has 0 radical (unpaired) electrons. The fraction of sp³-hybridized carbons (Fsp3) is 0.111. The number of carbonyl (C=O) groups excluding carboxylic acids is 1. The number of aryl methyl sites for hydroxylation is 1. The van der Waals surface area contributed by atoms with Gasteiger partial charge in [-0.15, -0.1) is 11.3 Å². The Bertz CT molecular complexity index is 492. The predicted octanol–water partition coefficient (Wildman–Crippen LogP) is 2.90. The molecule has 3 nitrogen and oxygen atoms in total. The summed E-state index contributed by atoms with van der Waals surface area (Å²) in [6, 6.07) is 1.74. The van der Waals surface area contributed by atoms with Gasteiger partial charge in [0.15, 0.2) is 10.3 Å². The van der Waals surface area contributed by atoms with Crippen molar-refractivity contribution in [1.29, 1.82) is 0 Å². The van der Waals surface area contributed by atoms with Crippen LogP contribution in [-0.2, 0) is 0 Å². The molecule has 0 aliphatic rings. The number of thiophene rings is 1. The zero-order valence-electron chi connectivity index (χ0n) is 7.78. The number of nitrogens with one attached hydrogen (secondary N) is 1. The van der Waals surface area contributed by atoms with Crippen molar-refractivity contribution in [3.05, 3.63) is 33.2 Å². The number of anilines is 1. The number of thiazole rings is 1. The molecule has 78 valence electrons. The Morgan fingerprint density at radius 2 is 2.40 bits per heavy atom. The summed E-state index contributed by atoms with van der Waals surface area (Å²) in [5.74, 6) is -0.247. The largest absolute Gasteiger partial charge is 0.298 e. The van der Waals surface area contributed by atoms with E-state index in [0.717, 1.165) is 22.4 Å². The molecule has 2 aromatic heterocycles. The molecule has 15 heavy (non-hydrogen) atoms. The SMILES string of the molecule is Cc1sccc1C(=O)Nc1ncc(F)s1. The Labute approximate surface area is 93.6 Å². The second-order valence-corrected chi connectivity index (χ2v) is 4.92. The van der Waals surface area contributed by atoms with Gasteiger partial charge in [0.05, 0.1) is 11.8 Å². The predicted molar refractivity (Wildman–Crippen MR) is 59.1 cm³/mol. The van der Waals surface area contributed by atoms with E-state index in [2.05, 4.69) is 10.3 Å². The van der Waals surface area contributed by atoms with Crippen molar-refractivity contribution >= 4 is 33.7 Å². The van der Waals surface area contributed by atoms with E-state index in [1.807, 2.05) is 12.3 Å². The molecule has 6 heteroatoms. The molecule has 0 aliphatic heterocycles. The highest BCUT2D eigenvalue weighted by Gasteiger charge is 2.11. The lowest BCUT2D eigenvalue weighted by Gasteiger charge is -1.99. The molecule has 0 atom stereocenters. The monoisotopic (exact) mass is 242 g/mol. The van der Waals surface area contributed by atoms with E-state index in [4.69, 9.17) is 0 Å². The molecular formula is C9H7FN2OS2. The minimum Gasteiger partial charge on any atom is -0.298 e. The maximum atomic E-state index is 12.6. The van der Waals surface area contributed by atoms with Gasteiger partial charge in [-0.25, -0.2) is 4.98 Å². The van der Waals surface area contributed by atoms with Crippen molar-refractivity contribution in [3.63, 3.8) is 0 Å². The third kappa shape index (κ3) is 2.21. The van der Waals surface area contributed by atoms with Gasteiger partial charge in [0.25, 0.3) is 5.91 Å². The van der Waals surface area contributed by atoms with E-state index in [9.17, 15) is 9.18 Å². The van der Waals surface area contributed by atoms with Crippen molar-refractivity contribution in [1.82, 2.24) is 4.98 Å². The van der Waals surface area contributed by atoms with Crippen molar-refractivity contribution in [2.24, 2.45) is 0 Å². The number of hydrogen-bond donors (Lipinski definition) is 1. The molecule has 0 aliphatic carbocycles. The maximum Gasteiger partial charge on any atom is 0.258 e. The molecule has 2 heterocycles. The van der Waals surface area contributed by atoms with Gasteiger partial charge in [-0.05, 0) is 18.4 Å². The summed E-state index contributed by atoms with van der Waals surface area (Å²) in [4.78, 5) is 16.3. The lowest BCUT2D eigenvalue weighted by Crippen LogP contribution is -2.11. The van der Waals surface area contributed by atoms with E-state index in [1.54, 1.807) is 6.07 Å².